The Bertz CT molecular complexity index is 1050. The second-order valence-corrected chi connectivity index (χ2v) is 8.05. The van der Waals surface area contributed by atoms with Crippen molar-refractivity contribution in [2.24, 2.45) is 7.05 Å². The Hall–Kier alpha value is -2.08. The van der Waals surface area contributed by atoms with Gasteiger partial charge in [-0.25, -0.2) is 9.07 Å². The number of nitrogens with zero attached hydrogens (tertiary/aromatic N) is 3. The van der Waals surface area contributed by atoms with Crippen molar-refractivity contribution in [2.45, 2.75) is 26.1 Å². The van der Waals surface area contributed by atoms with Gasteiger partial charge in [-0.3, -0.25) is 14.4 Å². The van der Waals surface area contributed by atoms with Crippen LogP contribution in [0.1, 0.15) is 22.4 Å². The Kier molecular flexibility index (Phi) is 5.32. The van der Waals surface area contributed by atoms with Crippen LogP contribution in [0.4, 0.5) is 4.39 Å². The molecule has 1 aliphatic heterocycles. The van der Waals surface area contributed by atoms with Crippen LogP contribution >= 0.6 is 23.2 Å². The molecule has 0 radical (unpaired) electrons. The molecule has 1 aliphatic rings. The van der Waals surface area contributed by atoms with Gasteiger partial charge in [0.1, 0.15) is 5.82 Å². The van der Waals surface area contributed by atoms with Crippen LogP contribution in [0.25, 0.3) is 0 Å². The van der Waals surface area contributed by atoms with Gasteiger partial charge in [0.05, 0.1) is 12.1 Å². The van der Waals surface area contributed by atoms with Crippen molar-refractivity contribution in [2.75, 3.05) is 6.54 Å². The predicted molar refractivity (Wildman–Crippen MR) is 109 cm³/mol. The molecule has 0 spiro atoms. The second-order valence-electron chi connectivity index (χ2n) is 7.18. The molecule has 0 fully saturated rings. The Balaban J connectivity index is 1.57. The lowest BCUT2D eigenvalue weighted by Gasteiger charge is -2.26. The maximum absolute atomic E-state index is 13.6. The van der Waals surface area contributed by atoms with Gasteiger partial charge in [0.2, 0.25) is 0 Å². The summed E-state index contributed by atoms with van der Waals surface area (Å²) < 4.78 is 17.3. The molecule has 0 amide bonds. The molecule has 3 aromatic rings. The van der Waals surface area contributed by atoms with Crippen LogP contribution in [0, 0.1) is 5.82 Å². The van der Waals surface area contributed by atoms with Crippen molar-refractivity contribution in [3.63, 3.8) is 0 Å². The van der Waals surface area contributed by atoms with Crippen LogP contribution in [0.2, 0.25) is 10.0 Å². The molecule has 0 bridgehead atoms. The molecule has 4 nitrogen and oxygen atoms in total. The summed E-state index contributed by atoms with van der Waals surface area (Å²) in [7, 11) is 1.93. The molecular weight excluding hydrogens is 400 g/mol. The van der Waals surface area contributed by atoms with E-state index in [-0.39, 0.29) is 11.4 Å². The lowest BCUT2D eigenvalue weighted by molar-refractivity contribution is 0.242. The van der Waals surface area contributed by atoms with Crippen molar-refractivity contribution in [1.82, 2.24) is 14.3 Å². The lowest BCUT2D eigenvalue weighted by atomic mass is 10.1. The Morgan fingerprint density at radius 1 is 1.00 bits per heavy atom. The van der Waals surface area contributed by atoms with Gasteiger partial charge in [-0.2, -0.15) is 0 Å². The highest BCUT2D eigenvalue weighted by molar-refractivity contribution is 6.30. The van der Waals surface area contributed by atoms with Gasteiger partial charge in [0.15, 0.2) is 0 Å². The van der Waals surface area contributed by atoms with E-state index >= 15 is 0 Å². The number of aromatic nitrogens is 2. The molecule has 0 unspecified atom stereocenters. The maximum atomic E-state index is 13.6. The maximum Gasteiger partial charge on any atom is 0.271 e. The zero-order valence-corrected chi connectivity index (χ0v) is 17.0. The summed E-state index contributed by atoms with van der Waals surface area (Å²) in [5.41, 5.74) is 3.73. The van der Waals surface area contributed by atoms with Crippen LogP contribution in [0.15, 0.2) is 47.3 Å². The third kappa shape index (κ3) is 3.88. The third-order valence-corrected chi connectivity index (χ3v) is 5.68. The number of benzene rings is 2. The Morgan fingerprint density at radius 2 is 1.75 bits per heavy atom. The van der Waals surface area contributed by atoms with E-state index in [0.717, 1.165) is 35.3 Å². The first kappa shape index (κ1) is 19.2. The zero-order chi connectivity index (χ0) is 19.8. The van der Waals surface area contributed by atoms with Crippen molar-refractivity contribution >= 4 is 23.2 Å². The number of hydrogen-bond acceptors (Lipinski definition) is 2. The van der Waals surface area contributed by atoms with Gasteiger partial charge in [0.25, 0.3) is 5.56 Å². The monoisotopic (exact) mass is 419 g/mol. The SMILES string of the molecule is Cn1c2c(c(=O)n1Cc1ccc(Cl)cc1)CN(Cc1cc(F)cc(Cl)c1)CC2. The van der Waals surface area contributed by atoms with Gasteiger partial charge in [-0.1, -0.05) is 35.3 Å². The van der Waals surface area contributed by atoms with E-state index in [9.17, 15) is 9.18 Å². The summed E-state index contributed by atoms with van der Waals surface area (Å²) >= 11 is 11.9. The minimum atomic E-state index is -0.342. The Labute approximate surface area is 172 Å². The second kappa shape index (κ2) is 7.74. The fraction of sp³-hybridized carbons (Fsp3) is 0.286. The van der Waals surface area contributed by atoms with Crippen LogP contribution in [0.5, 0.6) is 0 Å². The molecule has 0 aliphatic carbocycles. The minimum absolute atomic E-state index is 0.0226. The first-order valence-corrected chi connectivity index (χ1v) is 9.85. The first-order chi connectivity index (χ1) is 13.4. The molecular formula is C21H20Cl2FN3O. The van der Waals surface area contributed by atoms with Crippen molar-refractivity contribution in [3.8, 4) is 0 Å². The first-order valence-electron chi connectivity index (χ1n) is 9.10. The fourth-order valence-electron chi connectivity index (χ4n) is 3.83. The van der Waals surface area contributed by atoms with E-state index < -0.39 is 0 Å². The van der Waals surface area contributed by atoms with Crippen molar-refractivity contribution < 1.29 is 4.39 Å². The largest absolute Gasteiger partial charge is 0.294 e. The normalized spacial score (nSPS) is 14.3. The highest BCUT2D eigenvalue weighted by Crippen LogP contribution is 2.21. The highest BCUT2D eigenvalue weighted by Gasteiger charge is 2.25. The van der Waals surface area contributed by atoms with E-state index in [4.69, 9.17) is 23.2 Å². The van der Waals surface area contributed by atoms with E-state index in [2.05, 4.69) is 4.90 Å². The summed E-state index contributed by atoms with van der Waals surface area (Å²) in [6.07, 6.45) is 0.776. The van der Waals surface area contributed by atoms with Crippen LogP contribution in [-0.4, -0.2) is 20.8 Å². The van der Waals surface area contributed by atoms with E-state index in [1.165, 1.54) is 12.1 Å². The smallest absolute Gasteiger partial charge is 0.271 e. The van der Waals surface area contributed by atoms with Crippen LogP contribution < -0.4 is 5.56 Å². The Morgan fingerprint density at radius 3 is 2.46 bits per heavy atom. The summed E-state index contributed by atoms with van der Waals surface area (Å²) in [5, 5.41) is 1.06. The molecule has 0 saturated heterocycles. The summed E-state index contributed by atoms with van der Waals surface area (Å²) in [4.78, 5) is 15.2. The number of fused-ring (bicyclic) bond motifs is 1. The fourth-order valence-corrected chi connectivity index (χ4v) is 4.20. The molecule has 0 N–H and O–H groups in total. The van der Waals surface area contributed by atoms with Gasteiger partial charge in [-0.05, 0) is 41.5 Å². The molecule has 146 valence electrons. The molecule has 1 aromatic heterocycles. The summed E-state index contributed by atoms with van der Waals surface area (Å²) in [5.74, 6) is -0.342. The van der Waals surface area contributed by atoms with Crippen LogP contribution in [-0.2, 0) is 33.1 Å². The minimum Gasteiger partial charge on any atom is -0.294 e. The highest BCUT2D eigenvalue weighted by atomic mass is 35.5. The van der Waals surface area contributed by atoms with Gasteiger partial charge < -0.3 is 0 Å². The summed E-state index contributed by atoms with van der Waals surface area (Å²) in [6, 6.07) is 12.1. The third-order valence-electron chi connectivity index (χ3n) is 5.21. The average molecular weight is 420 g/mol. The molecule has 0 atom stereocenters. The lowest BCUT2D eigenvalue weighted by Crippen LogP contribution is -2.32. The molecule has 28 heavy (non-hydrogen) atoms. The number of halogens is 3. The molecule has 4 rings (SSSR count). The number of hydrogen-bond donors (Lipinski definition) is 0. The topological polar surface area (TPSA) is 30.2 Å². The predicted octanol–water partition coefficient (Wildman–Crippen LogP) is 4.24. The van der Waals surface area contributed by atoms with E-state index in [1.54, 1.807) is 10.7 Å². The quantitative estimate of drug-likeness (QED) is 0.632. The van der Waals surface area contributed by atoms with Crippen LogP contribution in [0.3, 0.4) is 0 Å². The average Bonchev–Trinajstić information content (AvgIpc) is 2.87. The summed E-state index contributed by atoms with van der Waals surface area (Å²) in [6.45, 7) is 2.41. The van der Waals surface area contributed by atoms with E-state index in [1.807, 2.05) is 36.0 Å². The zero-order valence-electron chi connectivity index (χ0n) is 15.5. The number of rotatable bonds is 4. The van der Waals surface area contributed by atoms with Gasteiger partial charge in [0, 0.05) is 48.8 Å². The van der Waals surface area contributed by atoms with Crippen molar-refractivity contribution in [1.29, 1.82) is 0 Å². The molecule has 2 heterocycles. The molecule has 2 aromatic carbocycles. The standard InChI is InChI=1S/C21H20Cl2FN3O/c1-25-20-6-7-26(11-15-8-17(23)10-18(24)9-15)13-19(20)21(28)27(25)12-14-2-4-16(22)5-3-14/h2-5,8-10H,6-7,11-13H2,1H3. The molecule has 0 saturated carbocycles. The van der Waals surface area contributed by atoms with Gasteiger partial charge in [-0.15, -0.1) is 0 Å². The van der Waals surface area contributed by atoms with Gasteiger partial charge >= 0.3 is 0 Å². The van der Waals surface area contributed by atoms with E-state index in [0.29, 0.717) is 29.7 Å². The van der Waals surface area contributed by atoms with Crippen molar-refractivity contribution in [3.05, 3.63) is 91.1 Å². The molecule has 7 heteroatoms.